The molecule has 1 aliphatic rings. The van der Waals surface area contributed by atoms with Crippen molar-refractivity contribution in [2.24, 2.45) is 5.73 Å². The van der Waals surface area contributed by atoms with Crippen LogP contribution in [0.2, 0.25) is 0 Å². The van der Waals surface area contributed by atoms with Gasteiger partial charge in [0.05, 0.1) is 0 Å². The summed E-state index contributed by atoms with van der Waals surface area (Å²) >= 11 is 5.04. The summed E-state index contributed by atoms with van der Waals surface area (Å²) in [5.74, 6) is 0. The molecule has 1 aliphatic carbocycles. The number of rotatable bonds is 3. The van der Waals surface area contributed by atoms with Gasteiger partial charge in [-0.05, 0) is 54.7 Å². The second-order valence-corrected chi connectivity index (χ2v) is 5.85. The van der Waals surface area contributed by atoms with Crippen molar-refractivity contribution in [3.05, 3.63) is 64.7 Å². The molecule has 3 heteroatoms. The van der Waals surface area contributed by atoms with Crippen molar-refractivity contribution in [2.45, 2.75) is 25.8 Å². The van der Waals surface area contributed by atoms with Gasteiger partial charge < -0.3 is 11.1 Å². The van der Waals surface area contributed by atoms with Crippen molar-refractivity contribution >= 4 is 22.9 Å². The summed E-state index contributed by atoms with van der Waals surface area (Å²) < 4.78 is 0. The largest absolute Gasteiger partial charge is 0.389 e. The van der Waals surface area contributed by atoms with E-state index in [1.165, 1.54) is 11.1 Å². The Labute approximate surface area is 125 Å². The maximum Gasteiger partial charge on any atom is 0.104 e. The second kappa shape index (κ2) is 5.25. The van der Waals surface area contributed by atoms with Gasteiger partial charge in [0.1, 0.15) is 4.99 Å². The van der Waals surface area contributed by atoms with Gasteiger partial charge in [0.25, 0.3) is 0 Å². The molecule has 102 valence electrons. The minimum atomic E-state index is 0.460. The molecule has 2 aromatic carbocycles. The van der Waals surface area contributed by atoms with Crippen LogP contribution >= 0.6 is 12.2 Å². The Morgan fingerprint density at radius 3 is 2.35 bits per heavy atom. The van der Waals surface area contributed by atoms with Gasteiger partial charge in [0.15, 0.2) is 0 Å². The maximum atomic E-state index is 5.70. The summed E-state index contributed by atoms with van der Waals surface area (Å²) in [6, 6.07) is 15.3. The van der Waals surface area contributed by atoms with Gasteiger partial charge >= 0.3 is 0 Å². The van der Waals surface area contributed by atoms with Crippen molar-refractivity contribution in [1.29, 1.82) is 0 Å². The van der Waals surface area contributed by atoms with Crippen molar-refractivity contribution in [1.82, 2.24) is 0 Å². The van der Waals surface area contributed by atoms with E-state index < -0.39 is 0 Å². The van der Waals surface area contributed by atoms with Crippen molar-refractivity contribution < 1.29 is 0 Å². The van der Waals surface area contributed by atoms with Crippen LogP contribution in [0.1, 0.15) is 22.3 Å². The number of benzene rings is 2. The molecule has 3 N–H and O–H groups in total. The van der Waals surface area contributed by atoms with E-state index in [0.717, 1.165) is 29.7 Å². The summed E-state index contributed by atoms with van der Waals surface area (Å²) in [4.78, 5) is 0.460. The van der Waals surface area contributed by atoms with Crippen molar-refractivity contribution in [2.75, 3.05) is 5.32 Å². The lowest BCUT2D eigenvalue weighted by Gasteiger charge is -2.15. The second-order valence-electron chi connectivity index (χ2n) is 5.41. The van der Waals surface area contributed by atoms with Crippen LogP contribution in [0.25, 0.3) is 0 Å². The Morgan fingerprint density at radius 2 is 1.80 bits per heavy atom. The molecule has 0 atom stereocenters. The number of anilines is 1. The molecular formula is C17H18N2S. The Balaban J connectivity index is 1.74. The van der Waals surface area contributed by atoms with Gasteiger partial charge in [-0.2, -0.15) is 0 Å². The topological polar surface area (TPSA) is 38.0 Å². The minimum absolute atomic E-state index is 0.460. The van der Waals surface area contributed by atoms with Gasteiger partial charge in [0.2, 0.25) is 0 Å². The lowest BCUT2D eigenvalue weighted by molar-refractivity contribution is 0.774. The molecule has 3 rings (SSSR count). The lowest BCUT2D eigenvalue weighted by Crippen LogP contribution is -2.20. The van der Waals surface area contributed by atoms with E-state index in [1.807, 2.05) is 13.0 Å². The molecule has 0 fully saturated rings. The van der Waals surface area contributed by atoms with Crippen molar-refractivity contribution in [3.8, 4) is 0 Å². The Morgan fingerprint density at radius 1 is 1.15 bits per heavy atom. The van der Waals surface area contributed by atoms with E-state index in [-0.39, 0.29) is 0 Å². The quantitative estimate of drug-likeness (QED) is 0.849. The zero-order valence-corrected chi connectivity index (χ0v) is 12.3. The fraction of sp³-hybridized carbons (Fsp3) is 0.235. The first-order valence-corrected chi connectivity index (χ1v) is 7.28. The summed E-state index contributed by atoms with van der Waals surface area (Å²) in [6.45, 7) is 2.04. The molecule has 0 saturated heterocycles. The normalized spacial score (nSPS) is 14.1. The summed E-state index contributed by atoms with van der Waals surface area (Å²) in [6.07, 6.45) is 2.18. The van der Waals surface area contributed by atoms with Gasteiger partial charge in [-0.1, -0.05) is 36.5 Å². The molecule has 0 unspecified atom stereocenters. The van der Waals surface area contributed by atoms with Crippen molar-refractivity contribution in [3.63, 3.8) is 0 Å². The fourth-order valence-electron chi connectivity index (χ4n) is 2.93. The summed E-state index contributed by atoms with van der Waals surface area (Å²) in [7, 11) is 0. The molecule has 2 aromatic rings. The Kier molecular flexibility index (Phi) is 3.45. The first-order chi connectivity index (χ1) is 9.63. The standard InChI is InChI=1S/C17H18N2S/c1-11-8-14(6-7-16(11)17(18)20)19-15-9-12-4-2-3-5-13(12)10-15/h2-8,15,19H,9-10H2,1H3,(H2,18,20). The first-order valence-electron chi connectivity index (χ1n) is 6.87. The van der Waals surface area contributed by atoms with E-state index in [1.54, 1.807) is 0 Å². The zero-order valence-electron chi connectivity index (χ0n) is 11.5. The number of fused-ring (bicyclic) bond motifs is 1. The van der Waals surface area contributed by atoms with Gasteiger partial charge in [0, 0.05) is 17.3 Å². The zero-order chi connectivity index (χ0) is 14.1. The highest BCUT2D eigenvalue weighted by atomic mass is 32.1. The van der Waals surface area contributed by atoms with Crippen LogP contribution in [-0.2, 0) is 12.8 Å². The molecule has 0 aliphatic heterocycles. The van der Waals surface area contributed by atoms with Gasteiger partial charge in [-0.3, -0.25) is 0 Å². The van der Waals surface area contributed by atoms with Crippen LogP contribution in [0.15, 0.2) is 42.5 Å². The lowest BCUT2D eigenvalue weighted by atomic mass is 10.1. The SMILES string of the molecule is Cc1cc(NC2Cc3ccccc3C2)ccc1C(N)=S. The highest BCUT2D eigenvalue weighted by Gasteiger charge is 2.20. The molecule has 0 aromatic heterocycles. The van der Waals surface area contributed by atoms with Crippen LogP contribution in [0, 0.1) is 6.92 Å². The molecular weight excluding hydrogens is 264 g/mol. The summed E-state index contributed by atoms with van der Waals surface area (Å²) in [5.41, 5.74) is 11.8. The van der Waals surface area contributed by atoms with E-state index in [2.05, 4.69) is 41.7 Å². The fourth-order valence-corrected chi connectivity index (χ4v) is 3.16. The number of thiocarbonyl (C=S) groups is 1. The highest BCUT2D eigenvalue weighted by molar-refractivity contribution is 7.80. The monoisotopic (exact) mass is 282 g/mol. The molecule has 0 spiro atoms. The maximum absolute atomic E-state index is 5.70. The molecule has 20 heavy (non-hydrogen) atoms. The smallest absolute Gasteiger partial charge is 0.104 e. The molecule has 0 amide bonds. The minimum Gasteiger partial charge on any atom is -0.389 e. The van der Waals surface area contributed by atoms with E-state index in [0.29, 0.717) is 11.0 Å². The number of nitrogens with one attached hydrogen (secondary N) is 1. The molecule has 2 nitrogen and oxygen atoms in total. The van der Waals surface area contributed by atoms with Crippen LogP contribution in [-0.4, -0.2) is 11.0 Å². The average molecular weight is 282 g/mol. The van der Waals surface area contributed by atoms with Crippen LogP contribution in [0.3, 0.4) is 0 Å². The Bertz CT molecular complexity index is 639. The highest BCUT2D eigenvalue weighted by Crippen LogP contribution is 2.25. The molecule has 0 bridgehead atoms. The number of hydrogen-bond acceptors (Lipinski definition) is 2. The number of nitrogens with two attached hydrogens (primary N) is 1. The number of aryl methyl sites for hydroxylation is 1. The van der Waals surface area contributed by atoms with Gasteiger partial charge in [-0.25, -0.2) is 0 Å². The third-order valence-electron chi connectivity index (χ3n) is 3.91. The summed E-state index contributed by atoms with van der Waals surface area (Å²) in [5, 5.41) is 3.61. The third-order valence-corrected chi connectivity index (χ3v) is 4.13. The molecule has 0 saturated carbocycles. The Hall–Kier alpha value is -1.87. The van der Waals surface area contributed by atoms with E-state index in [4.69, 9.17) is 18.0 Å². The molecule has 0 radical (unpaired) electrons. The van der Waals surface area contributed by atoms with Crippen LogP contribution < -0.4 is 11.1 Å². The van der Waals surface area contributed by atoms with E-state index >= 15 is 0 Å². The predicted octanol–water partition coefficient (Wildman–Crippen LogP) is 3.21. The molecule has 0 heterocycles. The van der Waals surface area contributed by atoms with Gasteiger partial charge in [-0.15, -0.1) is 0 Å². The van der Waals surface area contributed by atoms with Crippen LogP contribution in [0.4, 0.5) is 5.69 Å². The first kappa shape index (κ1) is 13.1. The average Bonchev–Trinajstić information content (AvgIpc) is 2.80. The third kappa shape index (κ3) is 2.54. The van der Waals surface area contributed by atoms with E-state index in [9.17, 15) is 0 Å². The predicted molar refractivity (Wildman–Crippen MR) is 88.3 cm³/mol. The number of hydrogen-bond donors (Lipinski definition) is 2. The van der Waals surface area contributed by atoms with Crippen LogP contribution in [0.5, 0.6) is 0 Å².